The highest BCUT2D eigenvalue weighted by Gasteiger charge is 2.18. The van der Waals surface area contributed by atoms with E-state index in [-0.39, 0.29) is 30.3 Å². The highest BCUT2D eigenvalue weighted by Crippen LogP contribution is 2.26. The van der Waals surface area contributed by atoms with E-state index in [0.717, 1.165) is 22.6 Å². The van der Waals surface area contributed by atoms with Crippen LogP contribution >= 0.6 is 23.2 Å². The summed E-state index contributed by atoms with van der Waals surface area (Å²) in [5.41, 5.74) is 2.82. The number of aryl methyl sites for hydroxylation is 1. The molecular weight excluding hydrogens is 387 g/mol. The summed E-state index contributed by atoms with van der Waals surface area (Å²) in [7, 11) is 0. The topological polar surface area (TPSA) is 76.0 Å². The van der Waals surface area contributed by atoms with Crippen LogP contribution in [0.2, 0.25) is 10.0 Å². The fourth-order valence-corrected chi connectivity index (χ4v) is 2.96. The molecule has 1 aromatic carbocycles. The number of hydrogen-bond donors (Lipinski definition) is 2. The number of halogens is 2. The maximum Gasteiger partial charge on any atom is 0.239 e. The van der Waals surface area contributed by atoms with Gasteiger partial charge >= 0.3 is 0 Å². The third-order valence-electron chi connectivity index (χ3n) is 3.89. The molecule has 27 heavy (non-hydrogen) atoms. The number of carbonyl (C=O) groups excluding carboxylic acids is 2. The molecule has 0 aliphatic carbocycles. The van der Waals surface area contributed by atoms with Crippen molar-refractivity contribution in [3.05, 3.63) is 45.2 Å². The SMILES string of the molecule is Cc1nn(-c2ccc(Cl)c(Cl)c2)c(C)c1CC(=O)NCC(=O)NC(C)(C)C. The molecule has 0 atom stereocenters. The molecule has 0 spiro atoms. The van der Waals surface area contributed by atoms with E-state index in [2.05, 4.69) is 15.7 Å². The molecule has 0 aliphatic rings. The molecule has 0 unspecified atom stereocenters. The summed E-state index contributed by atoms with van der Waals surface area (Å²) < 4.78 is 1.73. The molecule has 6 nitrogen and oxygen atoms in total. The number of carbonyl (C=O) groups is 2. The number of hydrogen-bond acceptors (Lipinski definition) is 3. The Morgan fingerprint density at radius 2 is 1.78 bits per heavy atom. The Bertz CT molecular complexity index is 869. The Labute approximate surface area is 169 Å². The van der Waals surface area contributed by atoms with Crippen molar-refractivity contribution in [2.45, 2.75) is 46.6 Å². The molecule has 0 bridgehead atoms. The summed E-state index contributed by atoms with van der Waals surface area (Å²) in [6.45, 7) is 9.33. The molecule has 8 heteroatoms. The fourth-order valence-electron chi connectivity index (χ4n) is 2.66. The molecule has 1 heterocycles. The summed E-state index contributed by atoms with van der Waals surface area (Å²) >= 11 is 12.1. The van der Waals surface area contributed by atoms with Crippen molar-refractivity contribution in [3.63, 3.8) is 0 Å². The van der Waals surface area contributed by atoms with Gasteiger partial charge in [0.05, 0.1) is 34.4 Å². The van der Waals surface area contributed by atoms with Gasteiger partial charge in [0, 0.05) is 16.8 Å². The lowest BCUT2D eigenvalue weighted by Gasteiger charge is -2.20. The minimum absolute atomic E-state index is 0.0604. The average molecular weight is 411 g/mol. The lowest BCUT2D eigenvalue weighted by atomic mass is 10.1. The monoisotopic (exact) mass is 410 g/mol. The van der Waals surface area contributed by atoms with Gasteiger partial charge in [-0.3, -0.25) is 9.59 Å². The van der Waals surface area contributed by atoms with Crippen LogP contribution in [0, 0.1) is 13.8 Å². The van der Waals surface area contributed by atoms with Crippen molar-refractivity contribution < 1.29 is 9.59 Å². The van der Waals surface area contributed by atoms with E-state index in [1.165, 1.54) is 0 Å². The highest BCUT2D eigenvalue weighted by molar-refractivity contribution is 6.42. The molecule has 2 amide bonds. The standard InChI is InChI=1S/C19H24Cl2N4O2/c1-11-14(9-17(26)22-10-18(27)23-19(3,4)5)12(2)25(24-11)13-6-7-15(20)16(21)8-13/h6-8H,9-10H2,1-5H3,(H,22,26)(H,23,27). The lowest BCUT2D eigenvalue weighted by Crippen LogP contribution is -2.46. The first-order chi connectivity index (χ1) is 12.5. The fraction of sp³-hybridized carbons (Fsp3) is 0.421. The molecule has 1 aromatic heterocycles. The molecule has 2 aromatic rings. The van der Waals surface area contributed by atoms with Gasteiger partial charge in [0.25, 0.3) is 0 Å². The molecule has 2 N–H and O–H groups in total. The predicted octanol–water partition coefficient (Wildman–Crippen LogP) is 3.37. The van der Waals surface area contributed by atoms with Gasteiger partial charge in [-0.1, -0.05) is 23.2 Å². The van der Waals surface area contributed by atoms with Gasteiger partial charge in [0.15, 0.2) is 0 Å². The van der Waals surface area contributed by atoms with Gasteiger partial charge in [-0.15, -0.1) is 0 Å². The summed E-state index contributed by atoms with van der Waals surface area (Å²) in [6.07, 6.45) is 0.141. The summed E-state index contributed by atoms with van der Waals surface area (Å²) in [4.78, 5) is 24.1. The number of rotatable bonds is 5. The largest absolute Gasteiger partial charge is 0.350 e. The van der Waals surface area contributed by atoms with Crippen molar-refractivity contribution in [3.8, 4) is 5.69 Å². The second-order valence-electron chi connectivity index (χ2n) is 7.41. The van der Waals surface area contributed by atoms with E-state index in [1.807, 2.05) is 40.7 Å². The third-order valence-corrected chi connectivity index (χ3v) is 4.63. The van der Waals surface area contributed by atoms with E-state index in [9.17, 15) is 9.59 Å². The molecular formula is C19H24Cl2N4O2. The maximum absolute atomic E-state index is 12.3. The van der Waals surface area contributed by atoms with Crippen LogP contribution in [0.15, 0.2) is 18.2 Å². The first-order valence-corrected chi connectivity index (χ1v) is 9.32. The van der Waals surface area contributed by atoms with Gasteiger partial charge in [0.1, 0.15) is 0 Å². The zero-order valence-electron chi connectivity index (χ0n) is 16.1. The summed E-state index contributed by atoms with van der Waals surface area (Å²) in [5.74, 6) is -0.463. The lowest BCUT2D eigenvalue weighted by molar-refractivity contribution is -0.126. The number of nitrogens with one attached hydrogen (secondary N) is 2. The van der Waals surface area contributed by atoms with Crippen LogP contribution in [0.1, 0.15) is 37.7 Å². The van der Waals surface area contributed by atoms with Crippen molar-refractivity contribution in [1.29, 1.82) is 0 Å². The zero-order valence-corrected chi connectivity index (χ0v) is 17.6. The maximum atomic E-state index is 12.3. The summed E-state index contributed by atoms with van der Waals surface area (Å²) in [5, 5.41) is 10.9. The van der Waals surface area contributed by atoms with Crippen LogP contribution in [0.5, 0.6) is 0 Å². The molecule has 0 aliphatic heterocycles. The van der Waals surface area contributed by atoms with E-state index in [4.69, 9.17) is 23.2 Å². The van der Waals surface area contributed by atoms with E-state index in [0.29, 0.717) is 10.0 Å². The number of amides is 2. The third kappa shape index (κ3) is 5.71. The van der Waals surface area contributed by atoms with Crippen LogP contribution in [0.25, 0.3) is 5.69 Å². The Balaban J connectivity index is 2.09. The number of aromatic nitrogens is 2. The van der Waals surface area contributed by atoms with Crippen LogP contribution in [-0.4, -0.2) is 33.7 Å². The van der Waals surface area contributed by atoms with Gasteiger partial charge in [-0.05, 0) is 52.8 Å². The Morgan fingerprint density at radius 3 is 2.37 bits per heavy atom. The molecule has 2 rings (SSSR count). The quantitative estimate of drug-likeness (QED) is 0.792. The second-order valence-corrected chi connectivity index (χ2v) is 8.23. The Hall–Kier alpha value is -2.05. The van der Waals surface area contributed by atoms with E-state index in [1.54, 1.807) is 16.8 Å². The molecule has 0 radical (unpaired) electrons. The van der Waals surface area contributed by atoms with E-state index >= 15 is 0 Å². The minimum Gasteiger partial charge on any atom is -0.350 e. The van der Waals surface area contributed by atoms with Gasteiger partial charge in [0.2, 0.25) is 11.8 Å². The van der Waals surface area contributed by atoms with Gasteiger partial charge < -0.3 is 10.6 Å². The molecule has 0 saturated heterocycles. The molecule has 0 fully saturated rings. The molecule has 146 valence electrons. The van der Waals surface area contributed by atoms with Gasteiger partial charge in [-0.25, -0.2) is 4.68 Å². The Morgan fingerprint density at radius 1 is 1.11 bits per heavy atom. The minimum atomic E-state index is -0.337. The van der Waals surface area contributed by atoms with Crippen LogP contribution in [0.3, 0.4) is 0 Å². The normalized spacial score (nSPS) is 11.4. The highest BCUT2D eigenvalue weighted by atomic mass is 35.5. The van der Waals surface area contributed by atoms with Crippen molar-refractivity contribution >= 4 is 35.0 Å². The van der Waals surface area contributed by atoms with E-state index < -0.39 is 0 Å². The van der Waals surface area contributed by atoms with Crippen LogP contribution in [-0.2, 0) is 16.0 Å². The smallest absolute Gasteiger partial charge is 0.239 e. The van der Waals surface area contributed by atoms with Crippen LogP contribution < -0.4 is 10.6 Å². The zero-order chi connectivity index (χ0) is 20.4. The first kappa shape index (κ1) is 21.3. The van der Waals surface area contributed by atoms with Crippen molar-refractivity contribution in [2.75, 3.05) is 6.54 Å². The van der Waals surface area contributed by atoms with Crippen LogP contribution in [0.4, 0.5) is 0 Å². The number of benzene rings is 1. The van der Waals surface area contributed by atoms with Gasteiger partial charge in [-0.2, -0.15) is 5.10 Å². The predicted molar refractivity (Wildman–Crippen MR) is 108 cm³/mol. The van der Waals surface area contributed by atoms with Crippen molar-refractivity contribution in [2.24, 2.45) is 0 Å². The number of nitrogens with zero attached hydrogens (tertiary/aromatic N) is 2. The van der Waals surface area contributed by atoms with Crippen molar-refractivity contribution in [1.82, 2.24) is 20.4 Å². The Kier molecular flexibility index (Phi) is 6.54. The summed E-state index contributed by atoms with van der Waals surface area (Å²) in [6, 6.07) is 5.24. The first-order valence-electron chi connectivity index (χ1n) is 8.56. The average Bonchev–Trinajstić information content (AvgIpc) is 2.82. The second kappa shape index (κ2) is 8.31. The molecule has 0 saturated carbocycles.